The molecule has 0 aliphatic carbocycles. The van der Waals surface area contributed by atoms with E-state index >= 15 is 0 Å². The molecule has 0 fully saturated rings. The molecule has 0 unspecified atom stereocenters. The lowest BCUT2D eigenvalue weighted by Gasteiger charge is -2.23. The quantitative estimate of drug-likeness (QED) is 0.897. The molecule has 1 N–H and O–H groups in total. The van der Waals surface area contributed by atoms with Crippen LogP contribution in [0.3, 0.4) is 0 Å². The van der Waals surface area contributed by atoms with Crippen molar-refractivity contribution in [3.8, 4) is 0 Å². The van der Waals surface area contributed by atoms with Crippen LogP contribution < -0.4 is 4.90 Å². The predicted molar refractivity (Wildman–Crippen MR) is 76.3 cm³/mol. The summed E-state index contributed by atoms with van der Waals surface area (Å²) in [6, 6.07) is 5.97. The highest BCUT2D eigenvalue weighted by molar-refractivity contribution is 6.44. The van der Waals surface area contributed by atoms with Gasteiger partial charge in [0.1, 0.15) is 5.71 Å². The Balaban J connectivity index is 2.17. The topological polar surface area (TPSA) is 90.3 Å². The summed E-state index contributed by atoms with van der Waals surface area (Å²) in [4.78, 5) is 35.8. The van der Waals surface area contributed by atoms with Gasteiger partial charge in [0, 0.05) is 32.6 Å². The third kappa shape index (κ3) is 3.07. The largest absolute Gasteiger partial charge is 0.478 e. The first kappa shape index (κ1) is 14.7. The van der Waals surface area contributed by atoms with Crippen LogP contribution in [0, 0.1) is 0 Å². The fourth-order valence-electron chi connectivity index (χ4n) is 1.96. The second-order valence-corrected chi connectivity index (χ2v) is 4.68. The second-order valence-electron chi connectivity index (χ2n) is 4.68. The van der Waals surface area contributed by atoms with Gasteiger partial charge in [-0.05, 0) is 24.3 Å². The Morgan fingerprint density at radius 3 is 2.38 bits per heavy atom. The van der Waals surface area contributed by atoms with Crippen LogP contribution in [0.15, 0.2) is 29.4 Å². The Morgan fingerprint density at radius 1 is 1.24 bits per heavy atom. The summed E-state index contributed by atoms with van der Waals surface area (Å²) in [6.45, 7) is 0. The SMILES string of the molecule is CN1N=C(C(=O)N(C)c2ccc(C(=O)O)cc2)CCC1=O. The molecule has 1 heterocycles. The molecule has 0 aromatic heterocycles. The molecular formula is C14H15N3O4. The van der Waals surface area contributed by atoms with Crippen LogP contribution in [-0.2, 0) is 9.59 Å². The van der Waals surface area contributed by atoms with E-state index in [2.05, 4.69) is 5.10 Å². The molecule has 1 aromatic rings. The van der Waals surface area contributed by atoms with Crippen molar-refractivity contribution >= 4 is 29.2 Å². The molecule has 0 spiro atoms. The molecule has 7 heteroatoms. The lowest BCUT2D eigenvalue weighted by atomic mass is 10.1. The van der Waals surface area contributed by atoms with E-state index in [1.807, 2.05) is 0 Å². The van der Waals surface area contributed by atoms with Crippen LogP contribution in [0.1, 0.15) is 23.2 Å². The highest BCUT2D eigenvalue weighted by Crippen LogP contribution is 2.16. The summed E-state index contributed by atoms with van der Waals surface area (Å²) in [5.41, 5.74) is 1.02. The fourth-order valence-corrected chi connectivity index (χ4v) is 1.96. The fraction of sp³-hybridized carbons (Fsp3) is 0.286. The average molecular weight is 289 g/mol. The zero-order chi connectivity index (χ0) is 15.6. The van der Waals surface area contributed by atoms with Crippen LogP contribution in [0.5, 0.6) is 0 Å². The Kier molecular flexibility index (Phi) is 4.02. The third-order valence-electron chi connectivity index (χ3n) is 3.26. The summed E-state index contributed by atoms with van der Waals surface area (Å²) in [5, 5.41) is 14.0. The van der Waals surface area contributed by atoms with E-state index in [0.29, 0.717) is 17.8 Å². The number of anilines is 1. The molecule has 0 saturated heterocycles. The van der Waals surface area contributed by atoms with E-state index in [0.717, 1.165) is 5.01 Å². The zero-order valence-electron chi connectivity index (χ0n) is 11.7. The van der Waals surface area contributed by atoms with Gasteiger partial charge in [-0.1, -0.05) is 0 Å². The van der Waals surface area contributed by atoms with Gasteiger partial charge in [-0.2, -0.15) is 5.10 Å². The third-order valence-corrected chi connectivity index (χ3v) is 3.26. The summed E-state index contributed by atoms with van der Waals surface area (Å²) >= 11 is 0. The van der Waals surface area contributed by atoms with Crippen molar-refractivity contribution in [2.75, 3.05) is 19.0 Å². The predicted octanol–water partition coefficient (Wildman–Crippen LogP) is 0.956. The number of hydrazone groups is 1. The molecule has 1 aliphatic rings. The van der Waals surface area contributed by atoms with Crippen LogP contribution in [-0.4, -0.2) is 47.7 Å². The maximum atomic E-state index is 12.3. The molecule has 2 rings (SSSR count). The van der Waals surface area contributed by atoms with E-state index in [9.17, 15) is 14.4 Å². The van der Waals surface area contributed by atoms with E-state index < -0.39 is 5.97 Å². The van der Waals surface area contributed by atoms with Gasteiger partial charge in [0.05, 0.1) is 5.56 Å². The molecule has 1 aliphatic heterocycles. The number of nitrogens with zero attached hydrogens (tertiary/aromatic N) is 3. The van der Waals surface area contributed by atoms with Crippen molar-refractivity contribution in [1.82, 2.24) is 5.01 Å². The highest BCUT2D eigenvalue weighted by atomic mass is 16.4. The Hall–Kier alpha value is -2.70. The number of carboxylic acid groups (broad SMARTS) is 1. The Bertz CT molecular complexity index is 622. The maximum Gasteiger partial charge on any atom is 0.335 e. The Labute approximate surface area is 121 Å². The van der Waals surface area contributed by atoms with Crippen LogP contribution in [0.25, 0.3) is 0 Å². The van der Waals surface area contributed by atoms with Crippen LogP contribution in [0.4, 0.5) is 5.69 Å². The normalized spacial score (nSPS) is 14.7. The molecule has 2 amide bonds. The van der Waals surface area contributed by atoms with Gasteiger partial charge >= 0.3 is 5.97 Å². The molecule has 110 valence electrons. The first-order chi connectivity index (χ1) is 9.90. The van der Waals surface area contributed by atoms with Crippen molar-refractivity contribution in [3.05, 3.63) is 29.8 Å². The number of carbonyl (C=O) groups excluding carboxylic acids is 2. The number of carbonyl (C=O) groups is 3. The summed E-state index contributed by atoms with van der Waals surface area (Å²) in [7, 11) is 3.09. The number of benzene rings is 1. The number of rotatable bonds is 3. The van der Waals surface area contributed by atoms with Gasteiger partial charge < -0.3 is 10.0 Å². The van der Waals surface area contributed by atoms with Crippen molar-refractivity contribution in [2.45, 2.75) is 12.8 Å². The number of amides is 2. The van der Waals surface area contributed by atoms with Gasteiger partial charge in [-0.25, -0.2) is 9.80 Å². The minimum Gasteiger partial charge on any atom is -0.478 e. The van der Waals surface area contributed by atoms with Crippen molar-refractivity contribution < 1.29 is 19.5 Å². The second kappa shape index (κ2) is 5.74. The molecule has 7 nitrogen and oxygen atoms in total. The first-order valence-electron chi connectivity index (χ1n) is 6.35. The molecule has 0 bridgehead atoms. The molecule has 0 saturated carbocycles. The van der Waals surface area contributed by atoms with E-state index in [4.69, 9.17) is 5.11 Å². The maximum absolute atomic E-state index is 12.3. The number of hydrogen-bond donors (Lipinski definition) is 1. The molecule has 1 aromatic carbocycles. The van der Waals surface area contributed by atoms with Gasteiger partial charge in [-0.3, -0.25) is 9.59 Å². The summed E-state index contributed by atoms with van der Waals surface area (Å²) in [6.07, 6.45) is 0.562. The van der Waals surface area contributed by atoms with Gasteiger partial charge in [0.15, 0.2) is 0 Å². The molecule has 0 atom stereocenters. The average Bonchev–Trinajstić information content (AvgIpc) is 2.48. The Morgan fingerprint density at radius 2 is 1.86 bits per heavy atom. The monoisotopic (exact) mass is 289 g/mol. The zero-order valence-corrected chi connectivity index (χ0v) is 11.7. The van der Waals surface area contributed by atoms with Crippen LogP contribution in [0.2, 0.25) is 0 Å². The number of hydrogen-bond acceptors (Lipinski definition) is 4. The number of aromatic carboxylic acids is 1. The molecule has 21 heavy (non-hydrogen) atoms. The lowest BCUT2D eigenvalue weighted by Crippen LogP contribution is -2.38. The minimum atomic E-state index is -1.02. The van der Waals surface area contributed by atoms with Crippen molar-refractivity contribution in [2.24, 2.45) is 5.10 Å². The van der Waals surface area contributed by atoms with Crippen LogP contribution >= 0.6 is 0 Å². The summed E-state index contributed by atoms with van der Waals surface area (Å²) in [5.74, 6) is -1.45. The molecule has 0 radical (unpaired) electrons. The minimum absolute atomic E-state index is 0.125. The summed E-state index contributed by atoms with van der Waals surface area (Å²) < 4.78 is 0. The lowest BCUT2D eigenvalue weighted by molar-refractivity contribution is -0.130. The van der Waals surface area contributed by atoms with Gasteiger partial charge in [0.2, 0.25) is 5.91 Å². The highest BCUT2D eigenvalue weighted by Gasteiger charge is 2.24. The smallest absolute Gasteiger partial charge is 0.335 e. The number of carboxylic acids is 1. The molecular weight excluding hydrogens is 274 g/mol. The van der Waals surface area contributed by atoms with E-state index in [1.54, 1.807) is 19.2 Å². The first-order valence-corrected chi connectivity index (χ1v) is 6.35. The standard InChI is InChI=1S/C14H15N3O4/c1-16(10-5-3-9(4-6-10)14(20)21)13(19)11-7-8-12(18)17(2)15-11/h3-6H,7-8H2,1-2H3,(H,20,21). The van der Waals surface area contributed by atoms with E-state index in [-0.39, 0.29) is 23.8 Å². The van der Waals surface area contributed by atoms with Gasteiger partial charge in [-0.15, -0.1) is 0 Å². The van der Waals surface area contributed by atoms with E-state index in [1.165, 1.54) is 24.1 Å². The van der Waals surface area contributed by atoms with Crippen molar-refractivity contribution in [3.63, 3.8) is 0 Å². The van der Waals surface area contributed by atoms with Gasteiger partial charge in [0.25, 0.3) is 5.91 Å². The van der Waals surface area contributed by atoms with Crippen molar-refractivity contribution in [1.29, 1.82) is 0 Å².